The quantitative estimate of drug-likeness (QED) is 0.498. The summed E-state index contributed by atoms with van der Waals surface area (Å²) in [5.74, 6) is 1.98. The minimum atomic E-state index is -0.0381. The second kappa shape index (κ2) is 13.2. The molecule has 2 aliphatic heterocycles. The lowest BCUT2D eigenvalue weighted by Gasteiger charge is -2.23. The van der Waals surface area contributed by atoms with E-state index in [2.05, 4.69) is 15.2 Å². The fourth-order valence-corrected chi connectivity index (χ4v) is 5.04. The van der Waals surface area contributed by atoms with E-state index in [1.165, 1.54) is 0 Å². The van der Waals surface area contributed by atoms with E-state index in [4.69, 9.17) is 9.47 Å². The number of carbonyl (C=O) groups excluding carboxylic acids is 2. The van der Waals surface area contributed by atoms with Crippen LogP contribution in [0.25, 0.3) is 0 Å². The Bertz CT molecular complexity index is 1280. The van der Waals surface area contributed by atoms with Crippen molar-refractivity contribution >= 4 is 17.5 Å². The number of carbonyl (C=O) groups is 2. The summed E-state index contributed by atoms with van der Waals surface area (Å²) in [4.78, 5) is 33.7. The lowest BCUT2D eigenvalue weighted by molar-refractivity contribution is -0.122. The molecule has 1 fully saturated rings. The number of rotatable bonds is 5. The monoisotopic (exact) mass is 528 g/mol. The van der Waals surface area contributed by atoms with Gasteiger partial charge in [0, 0.05) is 43.5 Å². The number of amides is 2. The third-order valence-electron chi connectivity index (χ3n) is 7.08. The van der Waals surface area contributed by atoms with E-state index >= 15 is 0 Å². The Morgan fingerprint density at radius 3 is 2.67 bits per heavy atom. The molecular weight excluding hydrogens is 492 g/mol. The van der Waals surface area contributed by atoms with Crippen molar-refractivity contribution in [3.8, 4) is 17.4 Å². The number of ether oxygens (including phenoxy) is 2. The molecule has 8 nitrogen and oxygen atoms in total. The Kier molecular flexibility index (Phi) is 9.06. The zero-order valence-electron chi connectivity index (χ0n) is 22.3. The number of pyridine rings is 1. The van der Waals surface area contributed by atoms with Gasteiger partial charge in [-0.05, 0) is 61.7 Å². The smallest absolute Gasteiger partial charge is 0.234 e. The first-order valence-electron chi connectivity index (χ1n) is 13.9. The first-order chi connectivity index (χ1) is 19.2. The number of anilines is 1. The van der Waals surface area contributed by atoms with Crippen molar-refractivity contribution in [1.82, 2.24) is 15.2 Å². The Balaban J connectivity index is 1.25. The molecule has 1 aromatic heterocycles. The van der Waals surface area contributed by atoms with E-state index in [-0.39, 0.29) is 18.4 Å². The fraction of sp³-hybridized carbons (Fsp3) is 0.387. The van der Waals surface area contributed by atoms with Crippen LogP contribution in [0.15, 0.2) is 66.9 Å². The molecule has 1 N–H and O–H groups in total. The van der Waals surface area contributed by atoms with Crippen LogP contribution in [-0.4, -0.2) is 47.9 Å². The van der Waals surface area contributed by atoms with E-state index in [0.29, 0.717) is 43.5 Å². The first-order valence-corrected chi connectivity index (χ1v) is 13.9. The second-order valence-electron chi connectivity index (χ2n) is 10.1. The highest BCUT2D eigenvalue weighted by Gasteiger charge is 2.22. The van der Waals surface area contributed by atoms with E-state index in [9.17, 15) is 9.59 Å². The molecule has 2 amide bonds. The maximum atomic E-state index is 13.0. The lowest BCUT2D eigenvalue weighted by atomic mass is 10.1. The molecule has 0 saturated carbocycles. The maximum absolute atomic E-state index is 13.0. The molecule has 204 valence electrons. The third-order valence-corrected chi connectivity index (χ3v) is 7.08. The highest BCUT2D eigenvalue weighted by atomic mass is 16.5. The molecule has 8 heteroatoms. The first kappa shape index (κ1) is 26.7. The van der Waals surface area contributed by atoms with Gasteiger partial charge in [0.1, 0.15) is 0 Å². The molecule has 39 heavy (non-hydrogen) atoms. The fourth-order valence-electron chi connectivity index (χ4n) is 5.04. The summed E-state index contributed by atoms with van der Waals surface area (Å²) in [6.07, 6.45) is 7.29. The lowest BCUT2D eigenvalue weighted by Crippen LogP contribution is -2.37. The van der Waals surface area contributed by atoms with E-state index in [1.807, 2.05) is 65.6 Å². The van der Waals surface area contributed by atoms with Crippen molar-refractivity contribution in [2.24, 2.45) is 0 Å². The van der Waals surface area contributed by atoms with Crippen molar-refractivity contribution in [1.29, 1.82) is 0 Å². The van der Waals surface area contributed by atoms with Gasteiger partial charge >= 0.3 is 0 Å². The van der Waals surface area contributed by atoms with Crippen LogP contribution in [0.2, 0.25) is 0 Å². The molecular formula is C31H36N4O4. The molecule has 3 heterocycles. The number of fused-ring (bicyclic) bond motifs is 2. The molecule has 0 atom stereocenters. The Labute approximate surface area is 229 Å². The van der Waals surface area contributed by atoms with Gasteiger partial charge in [-0.3, -0.25) is 14.5 Å². The number of nitrogens with one attached hydrogen (secondary N) is 1. The minimum absolute atomic E-state index is 0.0381. The summed E-state index contributed by atoms with van der Waals surface area (Å²) in [5, 5.41) is 3.07. The van der Waals surface area contributed by atoms with Gasteiger partial charge in [-0.2, -0.15) is 0 Å². The standard InChI is InChI=1S/C31H36N4O4/c36-29(33-21-24-10-7-12-26(20-24)35-18-9-15-30(35)37)23-34-17-5-1-2-6-19-38-27-13-3-4-14-28(27)39-31-25(22-34)11-8-16-32-31/h3-4,7-8,10-14,16,20H,1-2,5-6,9,15,17-19,21-23H2,(H,33,36). The number of benzene rings is 2. The summed E-state index contributed by atoms with van der Waals surface area (Å²) in [7, 11) is 0. The van der Waals surface area contributed by atoms with Crippen LogP contribution < -0.4 is 19.7 Å². The van der Waals surface area contributed by atoms with Crippen LogP contribution in [0.1, 0.15) is 49.7 Å². The van der Waals surface area contributed by atoms with Gasteiger partial charge in [-0.25, -0.2) is 4.98 Å². The zero-order chi connectivity index (χ0) is 26.9. The van der Waals surface area contributed by atoms with Gasteiger partial charge in [0.05, 0.1) is 13.2 Å². The van der Waals surface area contributed by atoms with Crippen LogP contribution in [-0.2, 0) is 22.7 Å². The van der Waals surface area contributed by atoms with Gasteiger partial charge in [0.25, 0.3) is 0 Å². The molecule has 1 saturated heterocycles. The Morgan fingerprint density at radius 2 is 1.79 bits per heavy atom. The SMILES string of the molecule is O=C(CN1CCCCCCOc2ccccc2Oc2ncccc2C1)NCc1cccc(N2CCCC2=O)c1. The van der Waals surface area contributed by atoms with Crippen LogP contribution in [0, 0.1) is 0 Å². The minimum Gasteiger partial charge on any atom is -0.490 e. The van der Waals surface area contributed by atoms with Gasteiger partial charge in [0.2, 0.25) is 17.7 Å². The summed E-state index contributed by atoms with van der Waals surface area (Å²) in [5.41, 5.74) is 2.79. The zero-order valence-corrected chi connectivity index (χ0v) is 22.3. The molecule has 0 radical (unpaired) electrons. The largest absolute Gasteiger partial charge is 0.490 e. The molecule has 2 aromatic carbocycles. The molecule has 5 rings (SSSR count). The van der Waals surface area contributed by atoms with Crippen molar-refractivity contribution in [3.63, 3.8) is 0 Å². The summed E-state index contributed by atoms with van der Waals surface area (Å²) in [6, 6.07) is 19.4. The summed E-state index contributed by atoms with van der Waals surface area (Å²) < 4.78 is 12.2. The van der Waals surface area contributed by atoms with Crippen molar-refractivity contribution in [3.05, 3.63) is 78.0 Å². The molecule has 0 unspecified atom stereocenters. The molecule has 2 aliphatic rings. The third kappa shape index (κ3) is 7.35. The second-order valence-corrected chi connectivity index (χ2v) is 10.1. The van der Waals surface area contributed by atoms with Crippen LogP contribution in [0.5, 0.6) is 17.4 Å². The highest BCUT2D eigenvalue weighted by molar-refractivity contribution is 5.95. The Morgan fingerprint density at radius 1 is 0.923 bits per heavy atom. The predicted molar refractivity (Wildman–Crippen MR) is 150 cm³/mol. The molecule has 0 bridgehead atoms. The van der Waals surface area contributed by atoms with Crippen LogP contribution in [0.4, 0.5) is 5.69 Å². The molecule has 0 spiro atoms. The van der Waals surface area contributed by atoms with Crippen LogP contribution >= 0.6 is 0 Å². The van der Waals surface area contributed by atoms with E-state index in [0.717, 1.165) is 62.0 Å². The number of nitrogens with zero attached hydrogens (tertiary/aromatic N) is 3. The number of para-hydroxylation sites is 2. The average molecular weight is 529 g/mol. The average Bonchev–Trinajstić information content (AvgIpc) is 3.39. The maximum Gasteiger partial charge on any atom is 0.234 e. The molecule has 0 aliphatic carbocycles. The Hall–Kier alpha value is -3.91. The highest BCUT2D eigenvalue weighted by Crippen LogP contribution is 2.32. The van der Waals surface area contributed by atoms with Crippen LogP contribution in [0.3, 0.4) is 0 Å². The van der Waals surface area contributed by atoms with Gasteiger partial charge < -0.3 is 19.7 Å². The van der Waals surface area contributed by atoms with Gasteiger partial charge in [-0.1, -0.05) is 43.2 Å². The normalized spacial score (nSPS) is 16.8. The van der Waals surface area contributed by atoms with Gasteiger partial charge in [-0.15, -0.1) is 0 Å². The summed E-state index contributed by atoms with van der Waals surface area (Å²) >= 11 is 0. The number of hydrogen-bond acceptors (Lipinski definition) is 6. The topological polar surface area (TPSA) is 84.0 Å². The van der Waals surface area contributed by atoms with E-state index in [1.54, 1.807) is 6.20 Å². The van der Waals surface area contributed by atoms with E-state index < -0.39 is 0 Å². The van der Waals surface area contributed by atoms with Crippen molar-refractivity contribution in [2.75, 3.05) is 31.1 Å². The van der Waals surface area contributed by atoms with Gasteiger partial charge in [0.15, 0.2) is 11.5 Å². The predicted octanol–water partition coefficient (Wildman–Crippen LogP) is 5.07. The van der Waals surface area contributed by atoms with Crippen molar-refractivity contribution in [2.45, 2.75) is 51.6 Å². The molecule has 3 aromatic rings. The van der Waals surface area contributed by atoms with Crippen molar-refractivity contribution < 1.29 is 19.1 Å². The number of aromatic nitrogens is 1. The summed E-state index contributed by atoms with van der Waals surface area (Å²) in [6.45, 7) is 3.42. The number of hydrogen-bond donors (Lipinski definition) is 1.